The summed E-state index contributed by atoms with van der Waals surface area (Å²) >= 11 is 14.9. The van der Waals surface area contributed by atoms with Gasteiger partial charge in [-0.15, -0.1) is 0 Å². The number of carbonyl (C=O) groups excluding carboxylic acids is 1. The standard InChI is InChI=1S/C8H6Cl2OS/c9-6-3-1-5(2-4-6)7(12)8(10)11/h1-4,7,12H. The molecule has 1 atom stereocenters. The Kier molecular flexibility index (Phi) is 3.44. The Morgan fingerprint density at radius 2 is 1.83 bits per heavy atom. The van der Waals surface area contributed by atoms with Crippen LogP contribution in [0.5, 0.6) is 0 Å². The molecule has 0 amide bonds. The summed E-state index contributed by atoms with van der Waals surface area (Å²) in [6.45, 7) is 0. The Hall–Kier alpha value is -0.180. The molecular formula is C8H6Cl2OS. The van der Waals surface area contributed by atoms with Gasteiger partial charge in [0.1, 0.15) is 5.25 Å². The second kappa shape index (κ2) is 4.17. The van der Waals surface area contributed by atoms with Gasteiger partial charge in [0.2, 0.25) is 5.24 Å². The average molecular weight is 221 g/mol. The lowest BCUT2D eigenvalue weighted by molar-refractivity contribution is -0.111. The molecule has 0 aliphatic carbocycles. The summed E-state index contributed by atoms with van der Waals surface area (Å²) in [5.41, 5.74) is 0.753. The minimum Gasteiger partial charge on any atom is -0.280 e. The molecule has 64 valence electrons. The van der Waals surface area contributed by atoms with Gasteiger partial charge in [-0.05, 0) is 29.3 Å². The number of benzene rings is 1. The molecule has 1 unspecified atom stereocenters. The van der Waals surface area contributed by atoms with E-state index < -0.39 is 10.5 Å². The second-order valence-corrected chi connectivity index (χ2v) is 3.58. The molecule has 0 radical (unpaired) electrons. The van der Waals surface area contributed by atoms with E-state index in [2.05, 4.69) is 12.6 Å². The zero-order valence-corrected chi connectivity index (χ0v) is 8.40. The highest BCUT2D eigenvalue weighted by Gasteiger charge is 2.12. The van der Waals surface area contributed by atoms with Crippen molar-refractivity contribution in [3.63, 3.8) is 0 Å². The van der Waals surface area contributed by atoms with Crippen molar-refractivity contribution < 1.29 is 4.79 Å². The van der Waals surface area contributed by atoms with Crippen molar-refractivity contribution in [3.8, 4) is 0 Å². The van der Waals surface area contributed by atoms with Crippen LogP contribution in [0.3, 0.4) is 0 Å². The van der Waals surface area contributed by atoms with E-state index in [0.29, 0.717) is 5.02 Å². The van der Waals surface area contributed by atoms with Crippen molar-refractivity contribution in [2.45, 2.75) is 5.25 Å². The number of rotatable bonds is 2. The van der Waals surface area contributed by atoms with Crippen LogP contribution >= 0.6 is 35.8 Å². The quantitative estimate of drug-likeness (QED) is 0.599. The van der Waals surface area contributed by atoms with Gasteiger partial charge in [-0.3, -0.25) is 4.79 Å². The molecule has 0 saturated heterocycles. The summed E-state index contributed by atoms with van der Waals surface area (Å²) in [5.74, 6) is 0. The molecule has 0 saturated carbocycles. The maximum absolute atomic E-state index is 10.7. The van der Waals surface area contributed by atoms with Crippen molar-refractivity contribution in [2.24, 2.45) is 0 Å². The molecule has 0 aromatic heterocycles. The molecule has 0 spiro atoms. The van der Waals surface area contributed by atoms with Crippen LogP contribution in [0.1, 0.15) is 10.8 Å². The van der Waals surface area contributed by atoms with Crippen LogP contribution < -0.4 is 0 Å². The van der Waals surface area contributed by atoms with Crippen LogP contribution in [-0.4, -0.2) is 5.24 Å². The van der Waals surface area contributed by atoms with E-state index >= 15 is 0 Å². The van der Waals surface area contributed by atoms with Gasteiger partial charge < -0.3 is 0 Å². The fraction of sp³-hybridized carbons (Fsp3) is 0.125. The summed E-state index contributed by atoms with van der Waals surface area (Å²) in [7, 11) is 0. The molecule has 0 bridgehead atoms. The molecule has 1 rings (SSSR count). The maximum atomic E-state index is 10.7. The topological polar surface area (TPSA) is 17.1 Å². The molecule has 1 aromatic rings. The lowest BCUT2D eigenvalue weighted by atomic mass is 10.2. The number of carbonyl (C=O) groups is 1. The van der Waals surface area contributed by atoms with E-state index in [1.54, 1.807) is 24.3 Å². The summed E-state index contributed by atoms with van der Waals surface area (Å²) in [6.07, 6.45) is 0. The van der Waals surface area contributed by atoms with Crippen molar-refractivity contribution in [1.29, 1.82) is 0 Å². The van der Waals surface area contributed by atoms with E-state index in [4.69, 9.17) is 23.2 Å². The Morgan fingerprint density at radius 3 is 2.25 bits per heavy atom. The largest absolute Gasteiger partial charge is 0.280 e. The van der Waals surface area contributed by atoms with Gasteiger partial charge in [0.15, 0.2) is 0 Å². The smallest absolute Gasteiger partial charge is 0.238 e. The molecule has 0 aliphatic heterocycles. The van der Waals surface area contributed by atoms with E-state index in [1.165, 1.54) is 0 Å². The summed E-state index contributed by atoms with van der Waals surface area (Å²) in [4.78, 5) is 10.7. The van der Waals surface area contributed by atoms with Gasteiger partial charge >= 0.3 is 0 Å². The maximum Gasteiger partial charge on any atom is 0.238 e. The van der Waals surface area contributed by atoms with Gasteiger partial charge in [0.05, 0.1) is 0 Å². The van der Waals surface area contributed by atoms with E-state index in [0.717, 1.165) is 5.56 Å². The summed E-state index contributed by atoms with van der Waals surface area (Å²) in [5, 5.41) is -0.425. The highest BCUT2D eigenvalue weighted by molar-refractivity contribution is 7.81. The van der Waals surface area contributed by atoms with Crippen molar-refractivity contribution in [3.05, 3.63) is 34.9 Å². The fourth-order valence-corrected chi connectivity index (χ4v) is 1.20. The normalized spacial score (nSPS) is 12.6. The molecule has 0 N–H and O–H groups in total. The zero-order chi connectivity index (χ0) is 9.14. The van der Waals surface area contributed by atoms with Gasteiger partial charge in [-0.25, -0.2) is 0 Å². The lowest BCUT2D eigenvalue weighted by Gasteiger charge is -2.04. The molecular weight excluding hydrogens is 215 g/mol. The van der Waals surface area contributed by atoms with E-state index in [1.807, 2.05) is 0 Å². The molecule has 12 heavy (non-hydrogen) atoms. The first kappa shape index (κ1) is 9.90. The second-order valence-electron chi connectivity index (χ2n) is 2.26. The molecule has 0 heterocycles. The Morgan fingerprint density at radius 1 is 1.33 bits per heavy atom. The van der Waals surface area contributed by atoms with E-state index in [-0.39, 0.29) is 0 Å². The predicted octanol–water partition coefficient (Wildman–Crippen LogP) is 3.08. The van der Waals surface area contributed by atoms with Crippen molar-refractivity contribution in [1.82, 2.24) is 0 Å². The van der Waals surface area contributed by atoms with Crippen LogP contribution in [0.2, 0.25) is 5.02 Å². The third-order valence-electron chi connectivity index (χ3n) is 1.40. The first-order valence-corrected chi connectivity index (χ1v) is 4.51. The Bertz CT molecular complexity index is 284. The lowest BCUT2D eigenvalue weighted by Crippen LogP contribution is -1.98. The number of hydrogen-bond acceptors (Lipinski definition) is 2. The van der Waals surface area contributed by atoms with E-state index in [9.17, 15) is 4.79 Å². The fourth-order valence-electron chi connectivity index (χ4n) is 0.776. The molecule has 1 nitrogen and oxygen atoms in total. The number of thiol groups is 1. The van der Waals surface area contributed by atoms with Gasteiger partial charge in [0, 0.05) is 5.02 Å². The Balaban J connectivity index is 2.89. The third-order valence-corrected chi connectivity index (χ3v) is 2.56. The van der Waals surface area contributed by atoms with Crippen LogP contribution in [0, 0.1) is 0 Å². The molecule has 0 aliphatic rings. The summed E-state index contributed by atoms with van der Waals surface area (Å²) < 4.78 is 0. The number of hydrogen-bond donors (Lipinski definition) is 1. The Labute approximate surface area is 86.1 Å². The van der Waals surface area contributed by atoms with Crippen LogP contribution in [0.25, 0.3) is 0 Å². The van der Waals surface area contributed by atoms with Crippen molar-refractivity contribution in [2.75, 3.05) is 0 Å². The zero-order valence-electron chi connectivity index (χ0n) is 6.00. The SMILES string of the molecule is O=C(Cl)C(S)c1ccc(Cl)cc1. The third kappa shape index (κ3) is 2.41. The first-order valence-electron chi connectivity index (χ1n) is 3.24. The van der Waals surface area contributed by atoms with Gasteiger partial charge in [-0.2, -0.15) is 12.6 Å². The predicted molar refractivity (Wildman–Crippen MR) is 54.0 cm³/mol. The monoisotopic (exact) mass is 220 g/mol. The minimum atomic E-state index is -0.566. The summed E-state index contributed by atoms with van der Waals surface area (Å²) in [6, 6.07) is 6.83. The molecule has 0 fully saturated rings. The number of halogens is 2. The van der Waals surface area contributed by atoms with Crippen LogP contribution in [0.15, 0.2) is 24.3 Å². The average Bonchev–Trinajstić information content (AvgIpc) is 2.04. The molecule has 1 aromatic carbocycles. The highest BCUT2D eigenvalue weighted by atomic mass is 35.5. The van der Waals surface area contributed by atoms with Gasteiger partial charge in [-0.1, -0.05) is 23.7 Å². The molecule has 4 heteroatoms. The van der Waals surface area contributed by atoms with Crippen LogP contribution in [-0.2, 0) is 4.79 Å². The van der Waals surface area contributed by atoms with Crippen molar-refractivity contribution >= 4 is 41.1 Å². The van der Waals surface area contributed by atoms with Crippen LogP contribution in [0.4, 0.5) is 0 Å². The highest BCUT2D eigenvalue weighted by Crippen LogP contribution is 2.23. The van der Waals surface area contributed by atoms with Gasteiger partial charge in [0.25, 0.3) is 0 Å². The minimum absolute atomic E-state index is 0.486. The first-order chi connectivity index (χ1) is 5.61.